The lowest BCUT2D eigenvalue weighted by Gasteiger charge is -2.40. The first-order valence-electron chi connectivity index (χ1n) is 13.9. The molecule has 9 heteroatoms. The second-order valence-electron chi connectivity index (χ2n) is 10.3. The van der Waals surface area contributed by atoms with Gasteiger partial charge < -0.3 is 19.3 Å². The van der Waals surface area contributed by atoms with Crippen molar-refractivity contribution in [3.8, 4) is 5.75 Å². The number of carbonyl (C=O) groups excluding carboxylic acids is 1. The fourth-order valence-corrected chi connectivity index (χ4v) is 7.25. The van der Waals surface area contributed by atoms with Crippen LogP contribution in [0.1, 0.15) is 55.8 Å². The van der Waals surface area contributed by atoms with E-state index < -0.39 is 15.8 Å². The number of nitrogens with zero attached hydrogens (tertiary/aromatic N) is 3. The van der Waals surface area contributed by atoms with Gasteiger partial charge in [-0.25, -0.2) is 13.2 Å². The van der Waals surface area contributed by atoms with Gasteiger partial charge >= 0.3 is 5.97 Å². The fourth-order valence-electron chi connectivity index (χ4n) is 5.82. The minimum absolute atomic E-state index is 0.148. The van der Waals surface area contributed by atoms with Crippen molar-refractivity contribution in [2.24, 2.45) is 0 Å². The van der Waals surface area contributed by atoms with Gasteiger partial charge in [0, 0.05) is 30.7 Å². The highest BCUT2D eigenvalue weighted by atomic mass is 32.2. The van der Waals surface area contributed by atoms with E-state index in [2.05, 4.69) is 14.8 Å². The van der Waals surface area contributed by atoms with Crippen LogP contribution in [0.4, 0.5) is 5.69 Å². The molecule has 0 bridgehead atoms. The van der Waals surface area contributed by atoms with Crippen molar-refractivity contribution in [3.05, 3.63) is 54.2 Å². The summed E-state index contributed by atoms with van der Waals surface area (Å²) in [5, 5.41) is 0.642. The zero-order valence-corrected chi connectivity index (χ0v) is 23.6. The second kappa shape index (κ2) is 11.9. The Labute approximate surface area is 230 Å². The molecule has 0 unspecified atom stereocenters. The van der Waals surface area contributed by atoms with Crippen LogP contribution < -0.4 is 9.64 Å². The first-order valence-corrected chi connectivity index (χ1v) is 15.4. The molecule has 2 aliphatic heterocycles. The Morgan fingerprint density at radius 3 is 2.31 bits per heavy atom. The molecule has 2 saturated heterocycles. The topological polar surface area (TPSA) is 89.0 Å². The van der Waals surface area contributed by atoms with Gasteiger partial charge in [-0.05, 0) is 88.2 Å². The number of ether oxygens (including phenoxy) is 2. The molecule has 1 aromatic heterocycles. The number of anilines is 1. The molecule has 8 nitrogen and oxygen atoms in total. The average molecular weight is 552 g/mol. The fraction of sp³-hybridized carbons (Fsp3) is 0.467. The summed E-state index contributed by atoms with van der Waals surface area (Å²) in [5.41, 5.74) is 1.63. The summed E-state index contributed by atoms with van der Waals surface area (Å²) in [6.45, 7) is 5.77. The van der Waals surface area contributed by atoms with Gasteiger partial charge in [-0.2, -0.15) is 0 Å². The molecule has 208 valence electrons. The first kappa shape index (κ1) is 27.4. The molecule has 3 aromatic rings. The van der Waals surface area contributed by atoms with E-state index in [-0.39, 0.29) is 16.4 Å². The van der Waals surface area contributed by atoms with Crippen LogP contribution in [-0.4, -0.2) is 70.2 Å². The van der Waals surface area contributed by atoms with Crippen LogP contribution in [0.5, 0.6) is 5.75 Å². The van der Waals surface area contributed by atoms with Crippen molar-refractivity contribution < 1.29 is 22.7 Å². The molecule has 0 radical (unpaired) electrons. The Morgan fingerprint density at radius 2 is 1.67 bits per heavy atom. The van der Waals surface area contributed by atoms with Crippen molar-refractivity contribution in [2.45, 2.75) is 61.3 Å². The largest absolute Gasteiger partial charge is 0.497 e. The number of aromatic nitrogens is 1. The van der Waals surface area contributed by atoms with Crippen LogP contribution >= 0.6 is 0 Å². The van der Waals surface area contributed by atoms with E-state index in [1.54, 1.807) is 56.5 Å². The minimum Gasteiger partial charge on any atom is -0.497 e. The lowest BCUT2D eigenvalue weighted by molar-refractivity contribution is 0.0526. The molecule has 0 amide bonds. The zero-order valence-electron chi connectivity index (χ0n) is 22.8. The van der Waals surface area contributed by atoms with Gasteiger partial charge in [-0.15, -0.1) is 0 Å². The summed E-state index contributed by atoms with van der Waals surface area (Å²) < 4.78 is 38.5. The van der Waals surface area contributed by atoms with Crippen molar-refractivity contribution in [1.82, 2.24) is 9.88 Å². The number of piperidine rings is 1. The number of hydrogen-bond donors (Lipinski definition) is 0. The molecule has 0 N–H and O–H groups in total. The van der Waals surface area contributed by atoms with E-state index in [4.69, 9.17) is 9.47 Å². The SMILES string of the molecule is CCOC(=O)c1ccc2ncc(S(=O)(=O)c3ccc(OC)cc3)c(N3CCC(N4CCCCCC4)CC3)c2c1. The summed E-state index contributed by atoms with van der Waals surface area (Å²) in [5.74, 6) is 0.147. The van der Waals surface area contributed by atoms with Crippen molar-refractivity contribution in [3.63, 3.8) is 0 Å². The number of fused-ring (bicyclic) bond motifs is 1. The molecule has 0 saturated carbocycles. The second-order valence-corrected chi connectivity index (χ2v) is 12.2. The molecule has 2 aliphatic rings. The Hall–Kier alpha value is -3.17. The number of hydrogen-bond acceptors (Lipinski definition) is 8. The van der Waals surface area contributed by atoms with Crippen molar-refractivity contribution >= 4 is 32.4 Å². The highest BCUT2D eigenvalue weighted by Crippen LogP contribution is 2.38. The van der Waals surface area contributed by atoms with Crippen LogP contribution in [0, 0.1) is 0 Å². The van der Waals surface area contributed by atoms with Crippen LogP contribution in [0.2, 0.25) is 0 Å². The van der Waals surface area contributed by atoms with E-state index in [1.165, 1.54) is 31.9 Å². The molecule has 0 atom stereocenters. The average Bonchev–Trinajstić information content (AvgIpc) is 3.26. The van der Waals surface area contributed by atoms with Gasteiger partial charge in [-0.1, -0.05) is 12.8 Å². The standard InChI is InChI=1S/C30H37N3O5S/c1-3-38-30(34)22-8-13-27-26(20-22)29(33-18-14-23(15-19-33)32-16-6-4-5-7-17-32)28(21-31-27)39(35,36)25-11-9-24(37-2)10-12-25/h8-13,20-21,23H,3-7,14-19H2,1-2H3. The predicted molar refractivity (Wildman–Crippen MR) is 151 cm³/mol. The Kier molecular flexibility index (Phi) is 8.37. The van der Waals surface area contributed by atoms with Crippen molar-refractivity contribution in [2.75, 3.05) is 44.8 Å². The summed E-state index contributed by atoms with van der Waals surface area (Å²) in [6.07, 6.45) is 8.47. The molecular weight excluding hydrogens is 514 g/mol. The molecule has 5 rings (SSSR count). The quantitative estimate of drug-likeness (QED) is 0.375. The molecule has 2 aromatic carbocycles. The molecule has 3 heterocycles. The predicted octanol–water partition coefficient (Wildman–Crippen LogP) is 5.10. The normalized spacial score (nSPS) is 17.6. The third-order valence-corrected chi connectivity index (χ3v) is 9.68. The third-order valence-electron chi connectivity index (χ3n) is 7.91. The van der Waals surface area contributed by atoms with Gasteiger partial charge in [0.1, 0.15) is 10.6 Å². The molecule has 0 spiro atoms. The number of pyridine rings is 1. The van der Waals surface area contributed by atoms with E-state index in [0.717, 1.165) is 39.0 Å². The van der Waals surface area contributed by atoms with Crippen LogP contribution in [0.15, 0.2) is 58.5 Å². The molecule has 39 heavy (non-hydrogen) atoms. The van der Waals surface area contributed by atoms with Crippen LogP contribution in [-0.2, 0) is 14.6 Å². The number of carbonyl (C=O) groups is 1. The van der Waals surface area contributed by atoms with Gasteiger partial charge in [-0.3, -0.25) is 4.98 Å². The van der Waals surface area contributed by atoms with Gasteiger partial charge in [0.05, 0.1) is 35.4 Å². The summed E-state index contributed by atoms with van der Waals surface area (Å²) in [4.78, 5) is 22.2. The highest BCUT2D eigenvalue weighted by Gasteiger charge is 2.31. The number of likely N-dealkylation sites (tertiary alicyclic amines) is 1. The smallest absolute Gasteiger partial charge is 0.338 e. The van der Waals surface area contributed by atoms with Crippen LogP contribution in [0.3, 0.4) is 0 Å². The number of methoxy groups -OCH3 is 1. The van der Waals surface area contributed by atoms with E-state index in [1.807, 2.05) is 0 Å². The van der Waals surface area contributed by atoms with E-state index >= 15 is 0 Å². The maximum atomic E-state index is 14.0. The zero-order chi connectivity index (χ0) is 27.4. The number of rotatable bonds is 7. The summed E-state index contributed by atoms with van der Waals surface area (Å²) in [6, 6.07) is 12.1. The first-order chi connectivity index (χ1) is 18.9. The number of esters is 1. The maximum absolute atomic E-state index is 14.0. The molecule has 0 aliphatic carbocycles. The maximum Gasteiger partial charge on any atom is 0.338 e. The van der Waals surface area contributed by atoms with Crippen molar-refractivity contribution in [1.29, 1.82) is 0 Å². The minimum atomic E-state index is -3.90. The third kappa shape index (κ3) is 5.75. The van der Waals surface area contributed by atoms with E-state index in [9.17, 15) is 13.2 Å². The highest BCUT2D eigenvalue weighted by molar-refractivity contribution is 7.91. The monoisotopic (exact) mass is 551 g/mol. The molecular formula is C30H37N3O5S. The lowest BCUT2D eigenvalue weighted by atomic mass is 10.0. The Bertz CT molecular complexity index is 1410. The molecule has 2 fully saturated rings. The Balaban J connectivity index is 1.56. The Morgan fingerprint density at radius 1 is 0.974 bits per heavy atom. The van der Waals surface area contributed by atoms with E-state index in [0.29, 0.717) is 33.9 Å². The van der Waals surface area contributed by atoms with Gasteiger partial charge in [0.2, 0.25) is 9.84 Å². The summed E-state index contributed by atoms with van der Waals surface area (Å²) >= 11 is 0. The lowest BCUT2D eigenvalue weighted by Crippen LogP contribution is -2.45. The van der Waals surface area contributed by atoms with Crippen LogP contribution in [0.25, 0.3) is 10.9 Å². The van der Waals surface area contributed by atoms with Gasteiger partial charge in [0.15, 0.2) is 0 Å². The number of sulfone groups is 1. The van der Waals surface area contributed by atoms with Gasteiger partial charge in [0.25, 0.3) is 0 Å². The number of benzene rings is 2. The summed E-state index contributed by atoms with van der Waals surface area (Å²) in [7, 11) is -2.36.